The van der Waals surface area contributed by atoms with Gasteiger partial charge in [-0.2, -0.15) is 27.1 Å². The second-order valence-electron chi connectivity index (χ2n) is 8.47. The Morgan fingerprint density at radius 2 is 1.85 bits per heavy atom. The van der Waals surface area contributed by atoms with Gasteiger partial charge in [-0.1, -0.05) is 18.2 Å². The van der Waals surface area contributed by atoms with Crippen LogP contribution in [0.1, 0.15) is 21.2 Å². The van der Waals surface area contributed by atoms with Crippen LogP contribution in [0.15, 0.2) is 59.2 Å². The van der Waals surface area contributed by atoms with Gasteiger partial charge in [0.05, 0.1) is 12.5 Å². The topological polar surface area (TPSA) is 123 Å². The van der Waals surface area contributed by atoms with Gasteiger partial charge in [0, 0.05) is 41.2 Å². The highest BCUT2D eigenvalue weighted by molar-refractivity contribution is 7.12. The van der Waals surface area contributed by atoms with Gasteiger partial charge >= 0.3 is 17.8 Å². The smallest absolute Gasteiger partial charge is 0.475 e. The number of nitrogens with zero attached hydrogens (tertiary/aromatic N) is 4. The number of rotatable bonds is 7. The van der Waals surface area contributed by atoms with E-state index in [4.69, 9.17) is 15.6 Å². The minimum atomic E-state index is -5.08. The van der Waals surface area contributed by atoms with E-state index in [1.807, 2.05) is 36.4 Å². The van der Waals surface area contributed by atoms with E-state index in [0.717, 1.165) is 25.7 Å². The van der Waals surface area contributed by atoms with Crippen molar-refractivity contribution < 1.29 is 36.6 Å². The van der Waals surface area contributed by atoms with E-state index < -0.39 is 23.9 Å². The summed E-state index contributed by atoms with van der Waals surface area (Å²) in [5.74, 6) is -2.91. The summed E-state index contributed by atoms with van der Waals surface area (Å²) in [6, 6.07) is 11.8. The van der Waals surface area contributed by atoms with Crippen molar-refractivity contribution in [2.75, 3.05) is 18.5 Å². The zero-order valence-electron chi connectivity index (χ0n) is 20.5. The van der Waals surface area contributed by atoms with E-state index in [1.165, 1.54) is 10.9 Å². The first kappa shape index (κ1) is 29.7. The monoisotopic (exact) mass is 573 g/mol. The predicted octanol–water partition coefficient (Wildman–Crippen LogP) is 3.39. The van der Waals surface area contributed by atoms with Crippen LogP contribution in [-0.2, 0) is 35.5 Å². The average molecular weight is 574 g/mol. The SMILES string of the molecule is CN1C(=O)C(c2ccc(CCn3cnn(CC(CN)=C(F)F)c3=O)s2)Cc2ccccc21.O=C(O)C(F)(F)F. The van der Waals surface area contributed by atoms with Crippen molar-refractivity contribution in [1.82, 2.24) is 14.3 Å². The van der Waals surface area contributed by atoms with Crippen LogP contribution >= 0.6 is 11.3 Å². The fraction of sp³-hybridized carbons (Fsp3) is 0.333. The van der Waals surface area contributed by atoms with Gasteiger partial charge in [0.15, 0.2) is 0 Å². The molecule has 9 nitrogen and oxygen atoms in total. The summed E-state index contributed by atoms with van der Waals surface area (Å²) in [6.45, 7) is -0.300. The molecule has 0 bridgehead atoms. The Bertz CT molecular complexity index is 1420. The number of nitrogens with two attached hydrogens (primary N) is 1. The van der Waals surface area contributed by atoms with Crippen molar-refractivity contribution in [1.29, 1.82) is 0 Å². The number of carboxylic acid groups (broad SMARTS) is 1. The van der Waals surface area contributed by atoms with E-state index in [-0.39, 0.29) is 30.5 Å². The van der Waals surface area contributed by atoms with E-state index in [0.29, 0.717) is 19.4 Å². The summed E-state index contributed by atoms with van der Waals surface area (Å²) < 4.78 is 59.7. The first-order valence-electron chi connectivity index (χ1n) is 11.4. The Balaban J connectivity index is 0.000000532. The van der Waals surface area contributed by atoms with E-state index in [1.54, 1.807) is 23.3 Å². The molecule has 1 aromatic carbocycles. The van der Waals surface area contributed by atoms with Crippen LogP contribution in [0.4, 0.5) is 27.6 Å². The summed E-state index contributed by atoms with van der Waals surface area (Å²) >= 11 is 1.56. The molecule has 1 atom stereocenters. The van der Waals surface area contributed by atoms with Crippen LogP contribution < -0.4 is 16.3 Å². The van der Waals surface area contributed by atoms with Crippen LogP contribution in [0.2, 0.25) is 0 Å². The maximum absolute atomic E-state index is 12.9. The lowest BCUT2D eigenvalue weighted by molar-refractivity contribution is -0.192. The van der Waals surface area contributed by atoms with Crippen molar-refractivity contribution in [3.05, 3.63) is 80.2 Å². The van der Waals surface area contributed by atoms with Crippen LogP contribution in [-0.4, -0.2) is 51.1 Å². The number of hydrogen-bond donors (Lipinski definition) is 2. The third kappa shape index (κ3) is 7.17. The number of hydrogen-bond acceptors (Lipinski definition) is 6. The second-order valence-corrected chi connectivity index (χ2v) is 9.67. The largest absolute Gasteiger partial charge is 0.490 e. The van der Waals surface area contributed by atoms with Crippen LogP contribution in [0.5, 0.6) is 0 Å². The Morgan fingerprint density at radius 3 is 2.46 bits per heavy atom. The molecule has 15 heteroatoms. The van der Waals surface area contributed by atoms with Crippen molar-refractivity contribution in [3.63, 3.8) is 0 Å². The Labute approximate surface area is 222 Å². The molecular formula is C24H24F5N5O4S. The molecule has 1 amide bonds. The lowest BCUT2D eigenvalue weighted by Crippen LogP contribution is -2.36. The number of aromatic nitrogens is 3. The van der Waals surface area contributed by atoms with Crippen LogP contribution in [0, 0.1) is 0 Å². The van der Waals surface area contributed by atoms with Crippen molar-refractivity contribution >= 4 is 28.9 Å². The van der Waals surface area contributed by atoms with E-state index in [2.05, 4.69) is 5.10 Å². The number of benzene rings is 1. The fourth-order valence-corrected chi connectivity index (χ4v) is 4.95. The van der Waals surface area contributed by atoms with Gasteiger partial charge in [-0.25, -0.2) is 14.3 Å². The molecule has 3 heterocycles. The number of carbonyl (C=O) groups excluding carboxylic acids is 1. The summed E-state index contributed by atoms with van der Waals surface area (Å²) in [5.41, 5.74) is 6.62. The molecular weight excluding hydrogens is 549 g/mol. The molecule has 4 rings (SSSR count). The summed E-state index contributed by atoms with van der Waals surface area (Å²) in [7, 11) is 1.80. The number of halogens is 5. The molecule has 3 N–H and O–H groups in total. The molecule has 39 heavy (non-hydrogen) atoms. The standard InChI is InChI=1S/C22H23F2N5O2S.C2HF3O2/c1-27-18-5-3-2-4-14(18)10-17(21(27)30)19-7-6-16(32-19)8-9-28-13-26-29(22(28)31)12-15(11-25)20(23)24;3-2(4,5)1(6)7/h2-7,13,17H,8-12,25H2,1H3;(H,6,7). The zero-order valence-corrected chi connectivity index (χ0v) is 21.3. The predicted molar refractivity (Wildman–Crippen MR) is 133 cm³/mol. The number of fused-ring (bicyclic) bond motifs is 1. The molecule has 3 aromatic rings. The van der Waals surface area contributed by atoms with Gasteiger partial charge in [0.1, 0.15) is 6.33 Å². The maximum atomic E-state index is 12.9. The summed E-state index contributed by atoms with van der Waals surface area (Å²) in [6.07, 6.45) is -4.39. The minimum Gasteiger partial charge on any atom is -0.475 e. The number of alkyl halides is 3. The Morgan fingerprint density at radius 1 is 1.18 bits per heavy atom. The fourth-order valence-electron chi connectivity index (χ4n) is 3.86. The van der Waals surface area contributed by atoms with Gasteiger partial charge in [-0.15, -0.1) is 11.3 Å². The number of para-hydroxylation sites is 1. The molecule has 1 aliphatic rings. The van der Waals surface area contributed by atoms with Gasteiger partial charge in [0.2, 0.25) is 5.91 Å². The van der Waals surface area contributed by atoms with Gasteiger partial charge < -0.3 is 15.7 Å². The molecule has 1 aliphatic heterocycles. The highest BCUT2D eigenvalue weighted by atomic mass is 32.1. The lowest BCUT2D eigenvalue weighted by Gasteiger charge is -2.31. The molecule has 0 radical (unpaired) electrons. The number of aliphatic carboxylic acids is 1. The maximum Gasteiger partial charge on any atom is 0.490 e. The van der Waals surface area contributed by atoms with Gasteiger partial charge in [-0.05, 0) is 36.6 Å². The first-order valence-corrected chi connectivity index (χ1v) is 12.2. The number of carbonyl (C=O) groups is 2. The van der Waals surface area contributed by atoms with Crippen LogP contribution in [0.3, 0.4) is 0 Å². The quantitative estimate of drug-likeness (QED) is 0.418. The Hall–Kier alpha value is -3.85. The van der Waals surface area contributed by atoms with E-state index in [9.17, 15) is 31.5 Å². The number of anilines is 1. The second kappa shape index (κ2) is 12.3. The molecule has 0 saturated carbocycles. The normalized spacial score (nSPS) is 14.9. The lowest BCUT2D eigenvalue weighted by atomic mass is 9.91. The zero-order chi connectivity index (χ0) is 28.9. The highest BCUT2D eigenvalue weighted by Gasteiger charge is 2.38. The number of amides is 1. The molecule has 0 saturated heterocycles. The number of thiophene rings is 1. The molecule has 0 spiro atoms. The first-order chi connectivity index (χ1) is 18.3. The third-order valence-corrected chi connectivity index (χ3v) is 7.18. The average Bonchev–Trinajstić information content (AvgIpc) is 3.49. The summed E-state index contributed by atoms with van der Waals surface area (Å²) in [5, 5.41) is 11.0. The number of aryl methyl sites for hydroxylation is 2. The number of likely N-dealkylation sites (N-methyl/N-ethyl adjacent to an activating group) is 1. The summed E-state index contributed by atoms with van der Waals surface area (Å²) in [4.78, 5) is 37.9. The minimum absolute atomic E-state index is 0.0680. The molecule has 2 aromatic heterocycles. The molecule has 0 fully saturated rings. The molecule has 1 unspecified atom stereocenters. The third-order valence-electron chi connectivity index (χ3n) is 5.92. The van der Waals surface area contributed by atoms with E-state index >= 15 is 0 Å². The molecule has 0 aliphatic carbocycles. The Kier molecular flexibility index (Phi) is 9.40. The number of carboxylic acids is 1. The van der Waals surface area contributed by atoms with Crippen molar-refractivity contribution in [3.8, 4) is 0 Å². The van der Waals surface area contributed by atoms with Crippen molar-refractivity contribution in [2.24, 2.45) is 5.73 Å². The van der Waals surface area contributed by atoms with Gasteiger partial charge in [-0.3, -0.25) is 9.36 Å². The highest BCUT2D eigenvalue weighted by Crippen LogP contribution is 2.37. The van der Waals surface area contributed by atoms with Crippen LogP contribution in [0.25, 0.3) is 0 Å². The van der Waals surface area contributed by atoms with Crippen molar-refractivity contribution in [2.45, 2.75) is 38.0 Å². The van der Waals surface area contributed by atoms with Gasteiger partial charge in [0.25, 0.3) is 6.08 Å². The molecule has 210 valence electrons.